The van der Waals surface area contributed by atoms with Crippen molar-refractivity contribution in [3.05, 3.63) is 82.9 Å². The number of hydrogen-bond donors (Lipinski definition) is 0. The van der Waals surface area contributed by atoms with Crippen LogP contribution in [0.3, 0.4) is 0 Å². The fourth-order valence-corrected chi connectivity index (χ4v) is 3.95. The monoisotopic (exact) mass is 580 g/mol. The van der Waals surface area contributed by atoms with E-state index in [4.69, 9.17) is 0 Å². The quantitative estimate of drug-likeness (QED) is 0.169. The summed E-state index contributed by atoms with van der Waals surface area (Å²) in [5.41, 5.74) is 6.14. The van der Waals surface area contributed by atoms with E-state index in [-0.39, 0.29) is 5.49 Å². The Morgan fingerprint density at radius 3 is 1.20 bits per heavy atom. The molecule has 0 N–H and O–H groups in total. The van der Waals surface area contributed by atoms with Crippen molar-refractivity contribution in [3.63, 3.8) is 0 Å². The predicted octanol–water partition coefficient (Wildman–Crippen LogP) is 8.15. The van der Waals surface area contributed by atoms with Gasteiger partial charge in [0, 0.05) is 0 Å². The summed E-state index contributed by atoms with van der Waals surface area (Å²) < 4.78 is 0. The minimum atomic E-state index is 0.259. The van der Waals surface area contributed by atoms with E-state index in [1.54, 1.807) is 0 Å². The second kappa shape index (κ2) is 12.6. The molecular weight excluding hydrogens is 543 g/mol. The summed E-state index contributed by atoms with van der Waals surface area (Å²) in [6.07, 6.45) is 4.52. The molecule has 0 saturated carbocycles. The molecule has 30 heavy (non-hydrogen) atoms. The summed E-state index contributed by atoms with van der Waals surface area (Å²) >= 11 is 1.45. The summed E-state index contributed by atoms with van der Waals surface area (Å²) in [6, 6.07) is 22.3. The molecule has 0 bridgehead atoms. The summed E-state index contributed by atoms with van der Waals surface area (Å²) in [5.74, 6) is 0. The topological polar surface area (TPSA) is 0 Å². The zero-order chi connectivity index (χ0) is 22.1. The van der Waals surface area contributed by atoms with E-state index < -0.39 is 0 Å². The Balaban J connectivity index is 0.000000182. The van der Waals surface area contributed by atoms with Crippen LogP contribution in [0.1, 0.15) is 49.9 Å². The van der Waals surface area contributed by atoms with Crippen LogP contribution >= 0.6 is 0 Å². The van der Waals surface area contributed by atoms with Gasteiger partial charge in [0.15, 0.2) is 0 Å². The molecule has 156 valence electrons. The third-order valence-electron chi connectivity index (χ3n) is 5.51. The van der Waals surface area contributed by atoms with Gasteiger partial charge >= 0.3 is 41.6 Å². The number of benzene rings is 2. The van der Waals surface area contributed by atoms with Gasteiger partial charge in [0.05, 0.1) is 0 Å². The van der Waals surface area contributed by atoms with Gasteiger partial charge in [0.2, 0.25) is 0 Å². The first-order chi connectivity index (χ1) is 14.5. The van der Waals surface area contributed by atoms with Crippen molar-refractivity contribution in [1.29, 1.82) is 0 Å². The van der Waals surface area contributed by atoms with Gasteiger partial charge in [-0.15, -0.1) is 56.9 Å². The Hall–Kier alpha value is -1.25. The summed E-state index contributed by atoms with van der Waals surface area (Å²) in [6.45, 7) is 13.5. The molecule has 0 aliphatic heterocycles. The normalized spacial score (nSPS) is 10.4. The van der Waals surface area contributed by atoms with Crippen molar-refractivity contribution in [2.24, 2.45) is 0 Å². The van der Waals surface area contributed by atoms with Crippen LogP contribution in [-0.2, 0) is 48.7 Å². The van der Waals surface area contributed by atoms with Crippen molar-refractivity contribution in [2.75, 3.05) is 0 Å². The standard InChI is InChI=1S/2C13H15.C2H6Si.Hf/c2*1-3-10-8-9-11(4-2)13-7-5-6-12(10)13;1-3-2;/h2*5-9H,3-4H2,1-2H3;1-2H3;/q2*-1;;+2. The van der Waals surface area contributed by atoms with Crippen LogP contribution in [-0.4, -0.2) is 5.49 Å². The van der Waals surface area contributed by atoms with Gasteiger partial charge in [0.25, 0.3) is 0 Å². The van der Waals surface area contributed by atoms with E-state index in [0.717, 1.165) is 25.7 Å². The van der Waals surface area contributed by atoms with Gasteiger partial charge in [-0.2, -0.15) is 24.3 Å². The Morgan fingerprint density at radius 1 is 0.600 bits per heavy atom. The molecule has 0 heterocycles. The van der Waals surface area contributed by atoms with Crippen molar-refractivity contribution < 1.29 is 23.0 Å². The molecule has 0 radical (unpaired) electrons. The molecule has 0 aliphatic rings. The van der Waals surface area contributed by atoms with Gasteiger partial charge < -0.3 is 0 Å². The van der Waals surface area contributed by atoms with Gasteiger partial charge in [-0.1, -0.05) is 63.8 Å². The van der Waals surface area contributed by atoms with Crippen LogP contribution in [0.15, 0.2) is 60.7 Å². The molecule has 0 atom stereocenters. The van der Waals surface area contributed by atoms with Crippen LogP contribution in [0, 0.1) is 0 Å². The Morgan fingerprint density at radius 2 is 0.900 bits per heavy atom. The zero-order valence-electron chi connectivity index (χ0n) is 19.6. The third-order valence-corrected chi connectivity index (χ3v) is 5.51. The van der Waals surface area contributed by atoms with Crippen molar-refractivity contribution in [2.45, 2.75) is 66.5 Å². The molecule has 4 aromatic carbocycles. The molecular formula is C28H36HfSi. The first kappa shape index (κ1) is 25.0. The average molecular weight is 579 g/mol. The molecule has 4 rings (SSSR count). The van der Waals surface area contributed by atoms with Crippen LogP contribution < -0.4 is 0 Å². The molecule has 0 amide bonds. The first-order valence-electron chi connectivity index (χ1n) is 11.3. The summed E-state index contributed by atoms with van der Waals surface area (Å²) in [7, 11) is 0. The fourth-order valence-electron chi connectivity index (χ4n) is 3.95. The second-order valence-corrected chi connectivity index (χ2v) is 20.7. The van der Waals surface area contributed by atoms with E-state index >= 15 is 0 Å². The molecule has 4 aromatic rings. The van der Waals surface area contributed by atoms with Crippen molar-refractivity contribution >= 4 is 27.0 Å². The molecule has 2 heteroatoms. The molecule has 0 fully saturated rings. The minimum absolute atomic E-state index is 0.259. The average Bonchev–Trinajstić information content (AvgIpc) is 3.42. The van der Waals surface area contributed by atoms with Crippen molar-refractivity contribution in [3.8, 4) is 0 Å². The zero-order valence-corrected chi connectivity index (χ0v) is 24.2. The molecule has 0 aromatic heterocycles. The fraction of sp³-hybridized carbons (Fsp3) is 0.357. The van der Waals surface area contributed by atoms with E-state index in [1.807, 2.05) is 0 Å². The summed E-state index contributed by atoms with van der Waals surface area (Å²) in [5, 5.41) is 5.78. The third kappa shape index (κ3) is 6.37. The van der Waals surface area contributed by atoms with Crippen LogP contribution in [0.5, 0.6) is 0 Å². The van der Waals surface area contributed by atoms with E-state index in [2.05, 4.69) is 101 Å². The van der Waals surface area contributed by atoms with E-state index in [0.29, 0.717) is 0 Å². The van der Waals surface area contributed by atoms with Crippen LogP contribution in [0.25, 0.3) is 21.5 Å². The number of aryl methyl sites for hydroxylation is 4. The van der Waals surface area contributed by atoms with Crippen LogP contribution in [0.4, 0.5) is 0 Å². The molecule has 0 unspecified atom stereocenters. The maximum absolute atomic E-state index is 2.33. The molecule has 0 spiro atoms. The maximum atomic E-state index is 2.33. The van der Waals surface area contributed by atoms with Gasteiger partial charge in [-0.3, -0.25) is 0 Å². The molecule has 0 aliphatic carbocycles. The van der Waals surface area contributed by atoms with E-state index in [1.165, 1.54) is 66.8 Å². The SMILES string of the molecule is CCc1ccc(CC)c2[cH-]ccc12.CCc1ccc(CC)c2[cH-]ccc12.C[Si](C)=[Hf+2]. The van der Waals surface area contributed by atoms with Gasteiger partial charge in [-0.25, -0.2) is 0 Å². The Bertz CT molecular complexity index is 919. The molecule has 0 saturated heterocycles. The van der Waals surface area contributed by atoms with Crippen molar-refractivity contribution in [1.82, 2.24) is 0 Å². The number of fused-ring (bicyclic) bond motifs is 2. The van der Waals surface area contributed by atoms with Crippen LogP contribution in [0.2, 0.25) is 13.1 Å². The Kier molecular flexibility index (Phi) is 10.5. The van der Waals surface area contributed by atoms with E-state index in [9.17, 15) is 0 Å². The predicted molar refractivity (Wildman–Crippen MR) is 134 cm³/mol. The Labute approximate surface area is 198 Å². The number of rotatable bonds is 4. The second-order valence-electron chi connectivity index (χ2n) is 7.89. The number of hydrogen-bond acceptors (Lipinski definition) is 0. The van der Waals surface area contributed by atoms with Gasteiger partial charge in [0.1, 0.15) is 0 Å². The van der Waals surface area contributed by atoms with Gasteiger partial charge in [-0.05, 0) is 12.8 Å². The first-order valence-corrected chi connectivity index (χ1v) is 19.2. The molecule has 0 nitrogen and oxygen atoms in total. The summed E-state index contributed by atoms with van der Waals surface area (Å²) in [4.78, 5) is 0.